The van der Waals surface area contributed by atoms with E-state index >= 15 is 0 Å². The molecule has 0 aliphatic heterocycles. The van der Waals surface area contributed by atoms with E-state index in [0.29, 0.717) is 0 Å². The zero-order chi connectivity index (χ0) is 8.60. The first kappa shape index (κ1) is 7.61. The monoisotopic (exact) mass is 166 g/mol. The van der Waals surface area contributed by atoms with Crippen LogP contribution in [0, 0.1) is 0 Å². The van der Waals surface area contributed by atoms with Crippen molar-refractivity contribution >= 4 is 5.69 Å². The molecule has 1 aliphatic carbocycles. The number of hydrogen-bond acceptors (Lipinski definition) is 3. The SMILES string of the molecule is Cn1cc(NCC2(N)CC2)cn1. The highest BCUT2D eigenvalue weighted by Crippen LogP contribution is 2.31. The highest BCUT2D eigenvalue weighted by atomic mass is 15.3. The average Bonchev–Trinajstić information content (AvgIpc) is 2.60. The van der Waals surface area contributed by atoms with Crippen LogP contribution in [-0.2, 0) is 7.05 Å². The number of aromatic nitrogens is 2. The van der Waals surface area contributed by atoms with Crippen LogP contribution in [0.3, 0.4) is 0 Å². The fourth-order valence-electron chi connectivity index (χ4n) is 1.13. The van der Waals surface area contributed by atoms with Crippen molar-refractivity contribution in [3.8, 4) is 0 Å². The number of anilines is 1. The first-order chi connectivity index (χ1) is 5.68. The summed E-state index contributed by atoms with van der Waals surface area (Å²) >= 11 is 0. The summed E-state index contributed by atoms with van der Waals surface area (Å²) in [7, 11) is 1.90. The molecule has 1 saturated carbocycles. The Morgan fingerprint density at radius 3 is 3.00 bits per heavy atom. The highest BCUT2D eigenvalue weighted by Gasteiger charge is 2.37. The Kier molecular flexibility index (Phi) is 1.58. The van der Waals surface area contributed by atoms with Crippen LogP contribution in [0.25, 0.3) is 0 Å². The summed E-state index contributed by atoms with van der Waals surface area (Å²) in [5.41, 5.74) is 7.03. The van der Waals surface area contributed by atoms with Gasteiger partial charge in [0.15, 0.2) is 0 Å². The van der Waals surface area contributed by atoms with Gasteiger partial charge in [-0.3, -0.25) is 4.68 Å². The molecule has 66 valence electrons. The number of aryl methyl sites for hydroxylation is 1. The van der Waals surface area contributed by atoms with E-state index in [2.05, 4.69) is 10.4 Å². The molecule has 1 heterocycles. The van der Waals surface area contributed by atoms with Gasteiger partial charge >= 0.3 is 0 Å². The third kappa shape index (κ3) is 1.58. The summed E-state index contributed by atoms with van der Waals surface area (Å²) in [6.07, 6.45) is 6.04. The van der Waals surface area contributed by atoms with Crippen LogP contribution in [0.15, 0.2) is 12.4 Å². The lowest BCUT2D eigenvalue weighted by atomic mass is 10.3. The van der Waals surface area contributed by atoms with Crippen molar-refractivity contribution in [1.82, 2.24) is 9.78 Å². The third-order valence-corrected chi connectivity index (χ3v) is 2.24. The summed E-state index contributed by atoms with van der Waals surface area (Å²) in [5.74, 6) is 0. The Morgan fingerprint density at radius 2 is 2.50 bits per heavy atom. The van der Waals surface area contributed by atoms with E-state index < -0.39 is 0 Å². The molecule has 1 fully saturated rings. The van der Waals surface area contributed by atoms with Gasteiger partial charge in [-0.15, -0.1) is 0 Å². The molecule has 0 aromatic carbocycles. The Labute approximate surface area is 71.7 Å². The Morgan fingerprint density at radius 1 is 1.75 bits per heavy atom. The number of rotatable bonds is 3. The van der Waals surface area contributed by atoms with E-state index in [1.54, 1.807) is 4.68 Å². The van der Waals surface area contributed by atoms with Gasteiger partial charge in [-0.25, -0.2) is 0 Å². The van der Waals surface area contributed by atoms with Crippen molar-refractivity contribution in [2.75, 3.05) is 11.9 Å². The fraction of sp³-hybridized carbons (Fsp3) is 0.625. The molecular formula is C8H14N4. The van der Waals surface area contributed by atoms with E-state index in [-0.39, 0.29) is 5.54 Å². The molecule has 1 aromatic heterocycles. The summed E-state index contributed by atoms with van der Waals surface area (Å²) in [6.45, 7) is 0.860. The van der Waals surface area contributed by atoms with Gasteiger partial charge in [0.1, 0.15) is 0 Å². The molecule has 0 radical (unpaired) electrons. The molecule has 0 bridgehead atoms. The number of nitrogens with one attached hydrogen (secondary N) is 1. The van der Waals surface area contributed by atoms with Crippen LogP contribution in [0.4, 0.5) is 5.69 Å². The zero-order valence-electron chi connectivity index (χ0n) is 7.25. The van der Waals surface area contributed by atoms with Crippen molar-refractivity contribution < 1.29 is 0 Å². The summed E-state index contributed by atoms with van der Waals surface area (Å²) in [4.78, 5) is 0. The summed E-state index contributed by atoms with van der Waals surface area (Å²) < 4.78 is 1.78. The smallest absolute Gasteiger partial charge is 0.0727 e. The largest absolute Gasteiger partial charge is 0.381 e. The molecule has 0 saturated heterocycles. The lowest BCUT2D eigenvalue weighted by molar-refractivity contribution is 0.713. The van der Waals surface area contributed by atoms with Crippen LogP contribution in [-0.4, -0.2) is 21.9 Å². The Bertz CT molecular complexity index is 274. The molecule has 2 rings (SSSR count). The second kappa shape index (κ2) is 2.48. The van der Waals surface area contributed by atoms with Crippen LogP contribution in [0.5, 0.6) is 0 Å². The topological polar surface area (TPSA) is 55.9 Å². The van der Waals surface area contributed by atoms with Crippen LogP contribution < -0.4 is 11.1 Å². The molecule has 0 atom stereocenters. The molecule has 4 heteroatoms. The minimum atomic E-state index is 0.0653. The summed E-state index contributed by atoms with van der Waals surface area (Å²) in [6, 6.07) is 0. The minimum absolute atomic E-state index is 0.0653. The van der Waals surface area contributed by atoms with Gasteiger partial charge in [-0.2, -0.15) is 5.10 Å². The van der Waals surface area contributed by atoms with Crippen molar-refractivity contribution in [2.24, 2.45) is 12.8 Å². The summed E-state index contributed by atoms with van der Waals surface area (Å²) in [5, 5.41) is 7.31. The first-order valence-electron chi connectivity index (χ1n) is 4.19. The predicted octanol–water partition coefficient (Wildman–Crippen LogP) is 0.323. The van der Waals surface area contributed by atoms with E-state index in [4.69, 9.17) is 5.73 Å². The molecule has 1 aliphatic rings. The van der Waals surface area contributed by atoms with Crippen molar-refractivity contribution in [1.29, 1.82) is 0 Å². The second-order valence-corrected chi connectivity index (χ2v) is 3.62. The first-order valence-corrected chi connectivity index (χ1v) is 4.19. The van der Waals surface area contributed by atoms with Crippen molar-refractivity contribution in [3.63, 3.8) is 0 Å². The average molecular weight is 166 g/mol. The van der Waals surface area contributed by atoms with Crippen LogP contribution in [0.1, 0.15) is 12.8 Å². The quantitative estimate of drug-likeness (QED) is 0.680. The van der Waals surface area contributed by atoms with Gasteiger partial charge in [0.2, 0.25) is 0 Å². The number of nitrogens with zero attached hydrogens (tertiary/aromatic N) is 2. The van der Waals surface area contributed by atoms with E-state index in [0.717, 1.165) is 25.1 Å². The number of nitrogens with two attached hydrogens (primary N) is 1. The van der Waals surface area contributed by atoms with Crippen molar-refractivity contribution in [3.05, 3.63) is 12.4 Å². The normalized spacial score (nSPS) is 19.2. The molecule has 0 amide bonds. The van der Waals surface area contributed by atoms with Gasteiger partial charge < -0.3 is 11.1 Å². The molecule has 0 spiro atoms. The fourth-order valence-corrected chi connectivity index (χ4v) is 1.13. The van der Waals surface area contributed by atoms with Gasteiger partial charge in [-0.1, -0.05) is 0 Å². The van der Waals surface area contributed by atoms with Gasteiger partial charge in [0.25, 0.3) is 0 Å². The third-order valence-electron chi connectivity index (χ3n) is 2.24. The van der Waals surface area contributed by atoms with Gasteiger partial charge in [-0.05, 0) is 12.8 Å². The lowest BCUT2D eigenvalue weighted by Gasteiger charge is -2.08. The Balaban J connectivity index is 1.87. The zero-order valence-corrected chi connectivity index (χ0v) is 7.25. The molecule has 4 nitrogen and oxygen atoms in total. The van der Waals surface area contributed by atoms with Crippen molar-refractivity contribution in [2.45, 2.75) is 18.4 Å². The highest BCUT2D eigenvalue weighted by molar-refractivity contribution is 5.39. The van der Waals surface area contributed by atoms with Crippen LogP contribution >= 0.6 is 0 Å². The minimum Gasteiger partial charge on any atom is -0.381 e. The molecule has 0 unspecified atom stereocenters. The predicted molar refractivity (Wildman–Crippen MR) is 47.9 cm³/mol. The second-order valence-electron chi connectivity index (χ2n) is 3.62. The van der Waals surface area contributed by atoms with E-state index in [1.807, 2.05) is 19.4 Å². The molecule has 1 aromatic rings. The van der Waals surface area contributed by atoms with E-state index in [1.165, 1.54) is 0 Å². The molecule has 12 heavy (non-hydrogen) atoms. The molecular weight excluding hydrogens is 152 g/mol. The Hall–Kier alpha value is -1.03. The van der Waals surface area contributed by atoms with Crippen LogP contribution in [0.2, 0.25) is 0 Å². The number of hydrogen-bond donors (Lipinski definition) is 2. The lowest BCUT2D eigenvalue weighted by Crippen LogP contribution is -2.30. The standard InChI is InChI=1S/C8H14N4/c1-12-5-7(4-11-12)10-6-8(9)2-3-8/h4-5,10H,2-3,6,9H2,1H3. The van der Waals surface area contributed by atoms with Gasteiger partial charge in [0.05, 0.1) is 11.9 Å². The van der Waals surface area contributed by atoms with E-state index in [9.17, 15) is 0 Å². The maximum Gasteiger partial charge on any atom is 0.0727 e. The molecule has 3 N–H and O–H groups in total. The van der Waals surface area contributed by atoms with Gasteiger partial charge in [0, 0.05) is 25.3 Å². The maximum atomic E-state index is 5.91. The maximum absolute atomic E-state index is 5.91.